The monoisotopic (exact) mass is 305 g/mol. The molecule has 4 heteroatoms. The first-order valence-electron chi connectivity index (χ1n) is 8.34. The Balaban J connectivity index is 1.73. The number of likely N-dealkylation sites (tertiary alicyclic amines) is 1. The van der Waals surface area contributed by atoms with Gasteiger partial charge in [0.15, 0.2) is 0 Å². The maximum absolute atomic E-state index is 10.4. The summed E-state index contributed by atoms with van der Waals surface area (Å²) in [7, 11) is 6.38. The van der Waals surface area contributed by atoms with Crippen molar-refractivity contribution in [1.82, 2.24) is 14.7 Å². The Morgan fingerprint density at radius 2 is 1.95 bits per heavy atom. The van der Waals surface area contributed by atoms with Gasteiger partial charge in [0.2, 0.25) is 0 Å². The second kappa shape index (κ2) is 8.63. The van der Waals surface area contributed by atoms with Crippen molar-refractivity contribution in [3.05, 3.63) is 35.9 Å². The van der Waals surface area contributed by atoms with Crippen molar-refractivity contribution >= 4 is 0 Å². The Bertz CT molecular complexity index is 424. The highest BCUT2D eigenvalue weighted by Crippen LogP contribution is 2.14. The number of nitrogens with zero attached hydrogens (tertiary/aromatic N) is 3. The van der Waals surface area contributed by atoms with Crippen molar-refractivity contribution in [3.8, 4) is 0 Å². The molecule has 0 aromatic heterocycles. The van der Waals surface area contributed by atoms with Gasteiger partial charge in [0.25, 0.3) is 0 Å². The molecule has 4 nitrogen and oxygen atoms in total. The topological polar surface area (TPSA) is 30.0 Å². The Morgan fingerprint density at radius 1 is 1.23 bits per heavy atom. The van der Waals surface area contributed by atoms with Crippen molar-refractivity contribution in [2.24, 2.45) is 0 Å². The molecule has 124 valence electrons. The molecule has 0 radical (unpaired) electrons. The van der Waals surface area contributed by atoms with Crippen LogP contribution >= 0.6 is 0 Å². The number of aliphatic hydroxyl groups excluding tert-OH is 1. The third-order valence-corrected chi connectivity index (χ3v) is 4.50. The van der Waals surface area contributed by atoms with Crippen LogP contribution in [0, 0.1) is 0 Å². The summed E-state index contributed by atoms with van der Waals surface area (Å²) in [6.45, 7) is 4.58. The second-order valence-electron chi connectivity index (χ2n) is 6.86. The number of benzene rings is 1. The number of hydrogen-bond donors (Lipinski definition) is 1. The first kappa shape index (κ1) is 17.4. The molecule has 1 heterocycles. The van der Waals surface area contributed by atoms with E-state index in [2.05, 4.69) is 60.1 Å². The molecular weight excluding hydrogens is 274 g/mol. The van der Waals surface area contributed by atoms with Crippen molar-refractivity contribution in [2.45, 2.75) is 31.5 Å². The average Bonchev–Trinajstić information content (AvgIpc) is 2.48. The fourth-order valence-corrected chi connectivity index (χ4v) is 3.29. The van der Waals surface area contributed by atoms with Gasteiger partial charge in [-0.2, -0.15) is 0 Å². The molecule has 1 aliphatic heterocycles. The van der Waals surface area contributed by atoms with Crippen LogP contribution in [0.15, 0.2) is 30.3 Å². The molecule has 1 saturated heterocycles. The Morgan fingerprint density at radius 3 is 2.64 bits per heavy atom. The number of piperidine rings is 1. The largest absolute Gasteiger partial charge is 0.390 e. The lowest BCUT2D eigenvalue weighted by atomic mass is 10.0. The summed E-state index contributed by atoms with van der Waals surface area (Å²) in [6.07, 6.45) is 2.22. The van der Waals surface area contributed by atoms with Crippen molar-refractivity contribution in [3.63, 3.8) is 0 Å². The molecule has 2 atom stereocenters. The fraction of sp³-hybridized carbons (Fsp3) is 0.667. The molecule has 2 unspecified atom stereocenters. The van der Waals surface area contributed by atoms with Gasteiger partial charge in [-0.3, -0.25) is 9.80 Å². The lowest BCUT2D eigenvalue weighted by Crippen LogP contribution is -2.48. The fourth-order valence-electron chi connectivity index (χ4n) is 3.29. The van der Waals surface area contributed by atoms with Crippen LogP contribution in [0.3, 0.4) is 0 Å². The molecule has 0 amide bonds. The van der Waals surface area contributed by atoms with Gasteiger partial charge in [0, 0.05) is 32.2 Å². The van der Waals surface area contributed by atoms with Crippen LogP contribution in [0.4, 0.5) is 0 Å². The van der Waals surface area contributed by atoms with Crippen LogP contribution in [0.5, 0.6) is 0 Å². The highest BCUT2D eigenvalue weighted by Gasteiger charge is 2.23. The Kier molecular flexibility index (Phi) is 6.83. The smallest absolute Gasteiger partial charge is 0.0793 e. The molecular formula is C18H31N3O. The van der Waals surface area contributed by atoms with E-state index in [-0.39, 0.29) is 6.10 Å². The summed E-state index contributed by atoms with van der Waals surface area (Å²) in [4.78, 5) is 6.92. The summed E-state index contributed by atoms with van der Waals surface area (Å²) in [5.41, 5.74) is 1.29. The number of rotatable bonds is 7. The summed E-state index contributed by atoms with van der Waals surface area (Å²) in [5, 5.41) is 10.4. The normalized spacial score (nSPS) is 21.5. The van der Waals surface area contributed by atoms with Crippen LogP contribution < -0.4 is 0 Å². The zero-order chi connectivity index (χ0) is 15.9. The van der Waals surface area contributed by atoms with Gasteiger partial charge in [0.1, 0.15) is 0 Å². The van der Waals surface area contributed by atoms with Crippen molar-refractivity contribution in [1.29, 1.82) is 0 Å². The van der Waals surface area contributed by atoms with Gasteiger partial charge in [-0.05, 0) is 46.1 Å². The summed E-state index contributed by atoms with van der Waals surface area (Å²) in [5.74, 6) is 0. The highest BCUT2D eigenvalue weighted by molar-refractivity contribution is 5.14. The summed E-state index contributed by atoms with van der Waals surface area (Å²) in [6, 6.07) is 11.1. The minimum absolute atomic E-state index is 0.283. The zero-order valence-electron chi connectivity index (χ0n) is 14.3. The molecule has 0 bridgehead atoms. The molecule has 1 N–H and O–H groups in total. The maximum Gasteiger partial charge on any atom is 0.0793 e. The predicted molar refractivity (Wildman–Crippen MR) is 91.9 cm³/mol. The van der Waals surface area contributed by atoms with E-state index in [1.807, 2.05) is 6.07 Å². The molecule has 1 aromatic rings. The minimum Gasteiger partial charge on any atom is -0.390 e. The number of β-amino-alcohol motifs (C(OH)–C–C–N with tert-alkyl or cyclic N) is 1. The average molecular weight is 305 g/mol. The van der Waals surface area contributed by atoms with Gasteiger partial charge in [-0.15, -0.1) is 0 Å². The minimum atomic E-state index is -0.283. The van der Waals surface area contributed by atoms with E-state index in [1.165, 1.54) is 18.4 Å². The molecule has 0 saturated carbocycles. The Labute approximate surface area is 135 Å². The summed E-state index contributed by atoms with van der Waals surface area (Å²) < 4.78 is 0. The number of aliphatic hydroxyl groups is 1. The third-order valence-electron chi connectivity index (χ3n) is 4.50. The molecule has 0 spiro atoms. The standard InChI is InChI=1S/C18H31N3O/c1-19(2)17-10-7-11-21(13-17)15-18(22)14-20(3)12-16-8-5-4-6-9-16/h4-6,8-9,17-18,22H,7,10-15H2,1-3H3. The molecule has 22 heavy (non-hydrogen) atoms. The van der Waals surface area contributed by atoms with Gasteiger partial charge in [0.05, 0.1) is 6.10 Å². The van der Waals surface area contributed by atoms with Crippen LogP contribution in [-0.2, 0) is 6.54 Å². The van der Waals surface area contributed by atoms with Crippen LogP contribution in [-0.4, -0.2) is 79.3 Å². The quantitative estimate of drug-likeness (QED) is 0.827. The van der Waals surface area contributed by atoms with Gasteiger partial charge in [-0.1, -0.05) is 30.3 Å². The highest BCUT2D eigenvalue weighted by atomic mass is 16.3. The predicted octanol–water partition coefficient (Wildman–Crippen LogP) is 1.51. The lowest BCUT2D eigenvalue weighted by molar-refractivity contribution is 0.0537. The second-order valence-corrected chi connectivity index (χ2v) is 6.86. The number of hydrogen-bond acceptors (Lipinski definition) is 4. The number of likely N-dealkylation sites (N-methyl/N-ethyl adjacent to an activating group) is 2. The molecule has 1 aliphatic rings. The Hall–Kier alpha value is -0.940. The molecule has 1 aromatic carbocycles. The van der Waals surface area contributed by atoms with E-state index in [4.69, 9.17) is 0 Å². The maximum atomic E-state index is 10.4. The van der Waals surface area contributed by atoms with E-state index in [0.29, 0.717) is 6.04 Å². The first-order chi connectivity index (χ1) is 10.5. The van der Waals surface area contributed by atoms with E-state index in [9.17, 15) is 5.11 Å². The summed E-state index contributed by atoms with van der Waals surface area (Å²) >= 11 is 0. The molecule has 2 rings (SSSR count). The van der Waals surface area contributed by atoms with E-state index < -0.39 is 0 Å². The molecule has 0 aliphatic carbocycles. The SMILES string of the molecule is CN(Cc1ccccc1)CC(O)CN1CCCC(N(C)C)C1. The van der Waals surface area contributed by atoms with Crippen molar-refractivity contribution < 1.29 is 5.11 Å². The van der Waals surface area contributed by atoms with E-state index in [1.54, 1.807) is 0 Å². The lowest BCUT2D eigenvalue weighted by Gasteiger charge is -2.37. The first-order valence-corrected chi connectivity index (χ1v) is 8.34. The van der Waals surface area contributed by atoms with E-state index in [0.717, 1.165) is 32.7 Å². The van der Waals surface area contributed by atoms with Crippen LogP contribution in [0.2, 0.25) is 0 Å². The van der Waals surface area contributed by atoms with Crippen LogP contribution in [0.1, 0.15) is 18.4 Å². The zero-order valence-corrected chi connectivity index (χ0v) is 14.3. The molecule has 1 fully saturated rings. The van der Waals surface area contributed by atoms with Gasteiger partial charge in [-0.25, -0.2) is 0 Å². The van der Waals surface area contributed by atoms with E-state index >= 15 is 0 Å². The van der Waals surface area contributed by atoms with Crippen molar-refractivity contribution in [2.75, 3.05) is 47.3 Å². The third kappa shape index (κ3) is 5.69. The van der Waals surface area contributed by atoms with Crippen LogP contribution in [0.25, 0.3) is 0 Å². The van der Waals surface area contributed by atoms with Gasteiger partial charge < -0.3 is 10.0 Å². The van der Waals surface area contributed by atoms with Gasteiger partial charge >= 0.3 is 0 Å².